The molecular weight excluding hydrogens is 230 g/mol. The zero-order valence-electron chi connectivity index (χ0n) is 10.6. The number of aliphatic hydroxyl groups excluding tert-OH is 1. The first kappa shape index (κ1) is 12.6. The van der Waals surface area contributed by atoms with Crippen molar-refractivity contribution in [1.29, 1.82) is 0 Å². The highest BCUT2D eigenvalue weighted by atomic mass is 16.5. The van der Waals surface area contributed by atoms with Crippen LogP contribution in [0.15, 0.2) is 30.6 Å². The predicted octanol–water partition coefficient (Wildman–Crippen LogP) is 1.84. The van der Waals surface area contributed by atoms with Crippen LogP contribution in [0.5, 0.6) is 5.75 Å². The number of rotatable bonds is 5. The lowest BCUT2D eigenvalue weighted by Crippen LogP contribution is -2.06. The highest BCUT2D eigenvalue weighted by molar-refractivity contribution is 5.35. The van der Waals surface area contributed by atoms with Crippen molar-refractivity contribution < 1.29 is 9.84 Å². The Bertz CT molecular complexity index is 510. The maximum Gasteiger partial charge on any atom is 0.164 e. The van der Waals surface area contributed by atoms with E-state index < -0.39 is 6.10 Å². The third kappa shape index (κ3) is 2.68. The van der Waals surface area contributed by atoms with Crippen LogP contribution in [0.4, 0.5) is 0 Å². The van der Waals surface area contributed by atoms with Gasteiger partial charge in [-0.2, -0.15) is 5.10 Å². The molecule has 1 heterocycles. The van der Waals surface area contributed by atoms with Gasteiger partial charge in [0.1, 0.15) is 18.7 Å². The van der Waals surface area contributed by atoms with Crippen molar-refractivity contribution >= 4 is 0 Å². The highest BCUT2D eigenvalue weighted by Gasteiger charge is 2.11. The average Bonchev–Trinajstić information content (AvgIpc) is 2.81. The number of nitrogens with zero attached hydrogens (tertiary/aromatic N) is 3. The lowest BCUT2D eigenvalue weighted by Gasteiger charge is -2.14. The van der Waals surface area contributed by atoms with Gasteiger partial charge >= 0.3 is 0 Å². The number of para-hydroxylation sites is 1. The molecule has 0 amide bonds. The van der Waals surface area contributed by atoms with Crippen LogP contribution in [-0.2, 0) is 13.7 Å². The maximum absolute atomic E-state index is 9.91. The molecule has 1 N–H and O–H groups in total. The fourth-order valence-electron chi connectivity index (χ4n) is 1.70. The van der Waals surface area contributed by atoms with Crippen molar-refractivity contribution in [3.63, 3.8) is 0 Å². The first-order chi connectivity index (χ1) is 8.72. The molecule has 5 heteroatoms. The zero-order valence-corrected chi connectivity index (χ0v) is 10.6. The van der Waals surface area contributed by atoms with Gasteiger partial charge in [0.25, 0.3) is 0 Å². The molecule has 0 bridgehead atoms. The summed E-state index contributed by atoms with van der Waals surface area (Å²) in [4.78, 5) is 4.09. The van der Waals surface area contributed by atoms with E-state index >= 15 is 0 Å². The van der Waals surface area contributed by atoms with Crippen molar-refractivity contribution in [3.05, 3.63) is 42.0 Å². The van der Waals surface area contributed by atoms with Crippen LogP contribution in [0.25, 0.3) is 0 Å². The van der Waals surface area contributed by atoms with E-state index in [1.807, 2.05) is 38.2 Å². The summed E-state index contributed by atoms with van der Waals surface area (Å²) in [6.45, 7) is 2.27. The quantitative estimate of drug-likeness (QED) is 0.875. The number of aliphatic hydroxyl groups is 1. The van der Waals surface area contributed by atoms with Gasteiger partial charge < -0.3 is 9.84 Å². The molecule has 96 valence electrons. The monoisotopic (exact) mass is 247 g/mol. The second kappa shape index (κ2) is 5.64. The lowest BCUT2D eigenvalue weighted by molar-refractivity contribution is 0.165. The van der Waals surface area contributed by atoms with Gasteiger partial charge in [-0.05, 0) is 12.5 Å². The first-order valence-corrected chi connectivity index (χ1v) is 5.95. The van der Waals surface area contributed by atoms with Gasteiger partial charge in [0.15, 0.2) is 5.82 Å². The normalized spacial score (nSPS) is 12.4. The minimum Gasteiger partial charge on any atom is -0.485 e. The maximum atomic E-state index is 9.91. The molecule has 1 atom stereocenters. The molecule has 0 aliphatic rings. The second-order valence-corrected chi connectivity index (χ2v) is 4.05. The third-order valence-electron chi connectivity index (χ3n) is 2.83. The summed E-state index contributed by atoms with van der Waals surface area (Å²) in [7, 11) is 1.82. The van der Waals surface area contributed by atoms with E-state index in [1.165, 1.54) is 6.33 Å². The van der Waals surface area contributed by atoms with Gasteiger partial charge in [0.2, 0.25) is 0 Å². The van der Waals surface area contributed by atoms with Gasteiger partial charge in [-0.3, -0.25) is 4.68 Å². The molecule has 0 saturated carbocycles. The van der Waals surface area contributed by atoms with Gasteiger partial charge in [0, 0.05) is 12.6 Å². The Morgan fingerprint density at radius 2 is 2.17 bits per heavy atom. The summed E-state index contributed by atoms with van der Waals surface area (Å²) in [6.07, 6.45) is 1.65. The number of benzene rings is 1. The molecule has 1 aromatic carbocycles. The Kier molecular flexibility index (Phi) is 3.94. The highest BCUT2D eigenvalue weighted by Crippen LogP contribution is 2.27. The van der Waals surface area contributed by atoms with Gasteiger partial charge in [0.05, 0.1) is 6.10 Å². The van der Waals surface area contributed by atoms with Gasteiger partial charge in [-0.15, -0.1) is 0 Å². The lowest BCUT2D eigenvalue weighted by atomic mass is 10.1. The molecule has 2 rings (SSSR count). The van der Waals surface area contributed by atoms with E-state index in [0.717, 1.165) is 11.4 Å². The van der Waals surface area contributed by atoms with E-state index in [9.17, 15) is 5.11 Å². The van der Waals surface area contributed by atoms with Crippen LogP contribution in [0.3, 0.4) is 0 Å². The van der Waals surface area contributed by atoms with Crippen molar-refractivity contribution in [1.82, 2.24) is 14.8 Å². The number of hydrogen-bond acceptors (Lipinski definition) is 4. The summed E-state index contributed by atoms with van der Waals surface area (Å²) < 4.78 is 7.37. The van der Waals surface area contributed by atoms with Crippen LogP contribution in [0, 0.1) is 0 Å². The Hall–Kier alpha value is -1.88. The number of hydrogen-bond donors (Lipinski definition) is 1. The SMILES string of the molecule is CC[C@H](O)c1ccccc1OCc1ncnn1C. The molecule has 0 spiro atoms. The summed E-state index contributed by atoms with van der Waals surface area (Å²) in [5, 5.41) is 13.9. The van der Waals surface area contributed by atoms with Gasteiger partial charge in [-0.1, -0.05) is 25.1 Å². The minimum atomic E-state index is -0.499. The molecule has 18 heavy (non-hydrogen) atoms. The van der Waals surface area contributed by atoms with Gasteiger partial charge in [-0.25, -0.2) is 4.98 Å². The molecule has 0 fully saturated rings. The Labute approximate surface area is 106 Å². The summed E-state index contributed by atoms with van der Waals surface area (Å²) in [6, 6.07) is 7.51. The minimum absolute atomic E-state index is 0.337. The van der Waals surface area contributed by atoms with Crippen LogP contribution < -0.4 is 4.74 Å². The standard InChI is InChI=1S/C13H17N3O2/c1-3-11(17)10-6-4-5-7-12(10)18-8-13-14-9-15-16(13)2/h4-7,9,11,17H,3,8H2,1-2H3/t11-/m0/s1. The Morgan fingerprint density at radius 3 is 2.83 bits per heavy atom. The summed E-state index contributed by atoms with van der Waals surface area (Å²) >= 11 is 0. The third-order valence-corrected chi connectivity index (χ3v) is 2.83. The van der Waals surface area contributed by atoms with Crippen LogP contribution >= 0.6 is 0 Å². The van der Waals surface area contributed by atoms with Crippen LogP contribution in [-0.4, -0.2) is 19.9 Å². The summed E-state index contributed by atoms with van der Waals surface area (Å²) in [5.74, 6) is 1.44. The van der Waals surface area contributed by atoms with Crippen LogP contribution in [0.1, 0.15) is 30.8 Å². The van der Waals surface area contributed by atoms with E-state index in [2.05, 4.69) is 10.1 Å². The average molecular weight is 247 g/mol. The van der Waals surface area contributed by atoms with E-state index in [1.54, 1.807) is 4.68 Å². The molecule has 0 saturated heterocycles. The zero-order chi connectivity index (χ0) is 13.0. The Morgan fingerprint density at radius 1 is 1.39 bits per heavy atom. The molecule has 0 radical (unpaired) electrons. The van der Waals surface area contributed by atoms with E-state index in [0.29, 0.717) is 18.8 Å². The van der Waals surface area contributed by atoms with Crippen LogP contribution in [0.2, 0.25) is 0 Å². The number of ether oxygens (including phenoxy) is 1. The van der Waals surface area contributed by atoms with E-state index in [4.69, 9.17) is 4.74 Å². The molecule has 2 aromatic rings. The smallest absolute Gasteiger partial charge is 0.164 e. The fraction of sp³-hybridized carbons (Fsp3) is 0.385. The molecule has 0 unspecified atom stereocenters. The topological polar surface area (TPSA) is 60.2 Å². The molecular formula is C13H17N3O2. The van der Waals surface area contributed by atoms with E-state index in [-0.39, 0.29) is 0 Å². The largest absolute Gasteiger partial charge is 0.485 e. The van der Waals surface area contributed by atoms with Crippen molar-refractivity contribution in [2.24, 2.45) is 7.05 Å². The summed E-state index contributed by atoms with van der Waals surface area (Å²) in [5.41, 5.74) is 0.808. The second-order valence-electron chi connectivity index (χ2n) is 4.05. The predicted molar refractivity (Wildman–Crippen MR) is 67.0 cm³/mol. The van der Waals surface area contributed by atoms with Crippen molar-refractivity contribution in [2.75, 3.05) is 0 Å². The Balaban J connectivity index is 2.12. The molecule has 1 aromatic heterocycles. The van der Waals surface area contributed by atoms with Crippen molar-refractivity contribution in [2.45, 2.75) is 26.1 Å². The number of aromatic nitrogens is 3. The molecule has 5 nitrogen and oxygen atoms in total. The molecule has 0 aliphatic heterocycles. The first-order valence-electron chi connectivity index (χ1n) is 5.95. The molecule has 0 aliphatic carbocycles. The fourth-order valence-corrected chi connectivity index (χ4v) is 1.70. The van der Waals surface area contributed by atoms with Crippen molar-refractivity contribution in [3.8, 4) is 5.75 Å². The number of aryl methyl sites for hydroxylation is 1.